The van der Waals surface area contributed by atoms with Crippen molar-refractivity contribution in [2.75, 3.05) is 13.2 Å². The molecule has 0 saturated heterocycles. The summed E-state index contributed by atoms with van der Waals surface area (Å²) in [4.78, 5) is 44.7. The maximum absolute atomic E-state index is 13.0. The number of aromatic nitrogens is 2. The average Bonchev–Trinajstić information content (AvgIpc) is 3.20. The van der Waals surface area contributed by atoms with Crippen molar-refractivity contribution < 1.29 is 14.3 Å². The van der Waals surface area contributed by atoms with E-state index in [4.69, 9.17) is 4.74 Å². The summed E-state index contributed by atoms with van der Waals surface area (Å²) >= 11 is 1.22. The second-order valence-electron chi connectivity index (χ2n) is 7.33. The fraction of sp³-hybridized carbons (Fsp3) is 0.364. The Labute approximate surface area is 177 Å². The molecule has 0 radical (unpaired) electrons. The smallest absolute Gasteiger partial charge is 0.339 e. The number of benzene rings is 1. The lowest BCUT2D eigenvalue weighted by Crippen LogP contribution is -2.39. The van der Waals surface area contributed by atoms with E-state index < -0.39 is 11.5 Å². The van der Waals surface area contributed by atoms with Crippen LogP contribution < -0.4 is 5.56 Å². The fourth-order valence-electron chi connectivity index (χ4n) is 3.57. The second-order valence-corrected chi connectivity index (χ2v) is 8.19. The van der Waals surface area contributed by atoms with Crippen LogP contribution in [0.1, 0.15) is 41.3 Å². The molecule has 0 fully saturated rings. The third kappa shape index (κ3) is 4.00. The SMILES string of the molecule is CCCCOC(=O)c1csc2ncn(CC(=O)N3CCc4ccccc4C3)c(=O)c12. The number of unbranched alkanes of at least 4 members (excludes halogenated alkanes) is 1. The van der Waals surface area contributed by atoms with E-state index in [1.165, 1.54) is 27.8 Å². The van der Waals surface area contributed by atoms with Gasteiger partial charge >= 0.3 is 5.97 Å². The van der Waals surface area contributed by atoms with E-state index in [-0.39, 0.29) is 23.4 Å². The molecule has 1 aromatic carbocycles. The van der Waals surface area contributed by atoms with Crippen molar-refractivity contribution in [3.63, 3.8) is 0 Å². The van der Waals surface area contributed by atoms with Gasteiger partial charge in [0.2, 0.25) is 5.91 Å². The fourth-order valence-corrected chi connectivity index (χ4v) is 4.44. The van der Waals surface area contributed by atoms with Gasteiger partial charge in [0, 0.05) is 18.5 Å². The summed E-state index contributed by atoms with van der Waals surface area (Å²) in [7, 11) is 0. The maximum Gasteiger partial charge on any atom is 0.339 e. The highest BCUT2D eigenvalue weighted by molar-refractivity contribution is 7.17. The quantitative estimate of drug-likeness (QED) is 0.448. The van der Waals surface area contributed by atoms with Gasteiger partial charge in [-0.15, -0.1) is 11.3 Å². The molecule has 0 saturated carbocycles. The number of hydrogen-bond acceptors (Lipinski definition) is 6. The van der Waals surface area contributed by atoms with Crippen LogP contribution in [0.25, 0.3) is 10.2 Å². The zero-order valence-corrected chi connectivity index (χ0v) is 17.6. The number of ether oxygens (including phenoxy) is 1. The average molecular weight is 426 g/mol. The van der Waals surface area contributed by atoms with Crippen LogP contribution in [0.4, 0.5) is 0 Å². The van der Waals surface area contributed by atoms with Gasteiger partial charge in [-0.3, -0.25) is 14.2 Å². The Morgan fingerprint density at radius 1 is 1.23 bits per heavy atom. The van der Waals surface area contributed by atoms with Gasteiger partial charge in [-0.1, -0.05) is 37.6 Å². The number of hydrogen-bond donors (Lipinski definition) is 0. The number of amides is 1. The van der Waals surface area contributed by atoms with Crippen molar-refractivity contribution in [2.24, 2.45) is 0 Å². The standard InChI is InChI=1S/C22H23N3O4S/c1-2-3-10-29-22(28)17-13-30-20-19(17)21(27)25(14-23-20)12-18(26)24-9-8-15-6-4-5-7-16(15)11-24/h4-7,13-14H,2-3,8-12H2,1H3. The zero-order valence-electron chi connectivity index (χ0n) is 16.8. The molecule has 0 unspecified atom stereocenters. The summed E-state index contributed by atoms with van der Waals surface area (Å²) in [6.45, 7) is 3.37. The van der Waals surface area contributed by atoms with Crippen LogP contribution in [0.5, 0.6) is 0 Å². The van der Waals surface area contributed by atoms with Crippen molar-refractivity contribution in [2.45, 2.75) is 39.3 Å². The Kier molecular flexibility index (Phi) is 5.94. The molecular formula is C22H23N3O4S. The Bertz CT molecular complexity index is 1150. The van der Waals surface area contributed by atoms with Crippen LogP contribution in [-0.4, -0.2) is 39.5 Å². The van der Waals surface area contributed by atoms with Gasteiger partial charge in [0.25, 0.3) is 5.56 Å². The predicted octanol–water partition coefficient (Wildman–Crippen LogP) is 3.00. The molecule has 2 aromatic heterocycles. The molecule has 1 amide bonds. The molecule has 0 bridgehead atoms. The first-order valence-electron chi connectivity index (χ1n) is 10.1. The van der Waals surface area contributed by atoms with Gasteiger partial charge in [-0.25, -0.2) is 9.78 Å². The van der Waals surface area contributed by atoms with Gasteiger partial charge in [-0.2, -0.15) is 0 Å². The number of fused-ring (bicyclic) bond motifs is 2. The number of carbonyl (C=O) groups excluding carboxylic acids is 2. The Morgan fingerprint density at radius 3 is 2.83 bits per heavy atom. The van der Waals surface area contributed by atoms with Crippen molar-refractivity contribution in [3.8, 4) is 0 Å². The molecule has 3 heterocycles. The minimum Gasteiger partial charge on any atom is -0.462 e. The van der Waals surface area contributed by atoms with Crippen LogP contribution in [0.3, 0.4) is 0 Å². The minimum absolute atomic E-state index is 0.107. The first kappa shape index (κ1) is 20.3. The molecule has 0 spiro atoms. The van der Waals surface area contributed by atoms with Crippen molar-refractivity contribution in [1.82, 2.24) is 14.5 Å². The molecule has 7 nitrogen and oxygen atoms in total. The summed E-state index contributed by atoms with van der Waals surface area (Å²) in [5.74, 6) is -0.666. The molecule has 0 aliphatic carbocycles. The molecule has 8 heteroatoms. The number of thiophene rings is 1. The van der Waals surface area contributed by atoms with E-state index in [9.17, 15) is 14.4 Å². The van der Waals surface area contributed by atoms with Gasteiger partial charge in [0.05, 0.1) is 23.9 Å². The second kappa shape index (κ2) is 8.79. The molecule has 0 atom stereocenters. The summed E-state index contributed by atoms with van der Waals surface area (Å²) in [6.07, 6.45) is 3.86. The molecule has 30 heavy (non-hydrogen) atoms. The third-order valence-corrected chi connectivity index (χ3v) is 6.19. The van der Waals surface area contributed by atoms with Crippen molar-refractivity contribution in [1.29, 1.82) is 0 Å². The largest absolute Gasteiger partial charge is 0.462 e. The molecule has 156 valence electrons. The molecule has 4 rings (SSSR count). The maximum atomic E-state index is 13.0. The van der Waals surface area contributed by atoms with Crippen molar-refractivity contribution in [3.05, 3.63) is 63.0 Å². The zero-order chi connectivity index (χ0) is 21.1. The van der Waals surface area contributed by atoms with Gasteiger partial charge in [0.15, 0.2) is 0 Å². The van der Waals surface area contributed by atoms with Crippen LogP contribution >= 0.6 is 11.3 Å². The van der Waals surface area contributed by atoms with Gasteiger partial charge < -0.3 is 9.64 Å². The monoisotopic (exact) mass is 425 g/mol. The van der Waals surface area contributed by atoms with Gasteiger partial charge in [-0.05, 0) is 24.0 Å². The van der Waals surface area contributed by atoms with E-state index >= 15 is 0 Å². The van der Waals surface area contributed by atoms with Crippen LogP contribution in [0, 0.1) is 0 Å². The van der Waals surface area contributed by atoms with E-state index in [2.05, 4.69) is 11.1 Å². The number of carbonyl (C=O) groups is 2. The topological polar surface area (TPSA) is 81.5 Å². The lowest BCUT2D eigenvalue weighted by atomic mass is 10.00. The first-order chi connectivity index (χ1) is 14.6. The van der Waals surface area contributed by atoms with E-state index in [0.717, 1.165) is 24.8 Å². The van der Waals surface area contributed by atoms with Gasteiger partial charge in [0.1, 0.15) is 11.4 Å². The minimum atomic E-state index is -0.523. The van der Waals surface area contributed by atoms with Crippen molar-refractivity contribution >= 4 is 33.4 Å². The molecule has 1 aliphatic rings. The predicted molar refractivity (Wildman–Crippen MR) is 115 cm³/mol. The van der Waals surface area contributed by atoms with E-state index in [0.29, 0.717) is 24.5 Å². The van der Waals surface area contributed by atoms with E-state index in [1.807, 2.05) is 25.1 Å². The van der Waals surface area contributed by atoms with Crippen LogP contribution in [-0.2, 0) is 29.0 Å². The Morgan fingerprint density at radius 2 is 2.03 bits per heavy atom. The number of rotatable bonds is 6. The van der Waals surface area contributed by atoms with Crippen LogP contribution in [0.15, 0.2) is 40.8 Å². The Balaban J connectivity index is 1.54. The molecule has 0 N–H and O–H groups in total. The third-order valence-electron chi connectivity index (χ3n) is 5.30. The lowest BCUT2D eigenvalue weighted by Gasteiger charge is -2.29. The highest BCUT2D eigenvalue weighted by Gasteiger charge is 2.23. The molecular weight excluding hydrogens is 402 g/mol. The summed E-state index contributed by atoms with van der Waals surface area (Å²) in [6, 6.07) is 8.07. The normalized spacial score (nSPS) is 13.3. The highest BCUT2D eigenvalue weighted by Crippen LogP contribution is 2.22. The summed E-state index contributed by atoms with van der Waals surface area (Å²) < 4.78 is 6.53. The first-order valence-corrected chi connectivity index (χ1v) is 10.9. The van der Waals surface area contributed by atoms with Crippen LogP contribution in [0.2, 0.25) is 0 Å². The van der Waals surface area contributed by atoms with E-state index in [1.54, 1.807) is 10.3 Å². The molecule has 1 aliphatic heterocycles. The number of nitrogens with zero attached hydrogens (tertiary/aromatic N) is 3. The summed E-state index contributed by atoms with van der Waals surface area (Å²) in [5, 5.41) is 1.82. The number of esters is 1. The summed E-state index contributed by atoms with van der Waals surface area (Å²) in [5.41, 5.74) is 2.21. The Hall–Kier alpha value is -3.00. The highest BCUT2D eigenvalue weighted by atomic mass is 32.1. The lowest BCUT2D eigenvalue weighted by molar-refractivity contribution is -0.132. The molecule has 3 aromatic rings.